The molecule has 0 saturated heterocycles. The number of hydrogen-bond donors (Lipinski definition) is 0. The predicted molar refractivity (Wildman–Crippen MR) is 99.5 cm³/mol. The number of carbonyl (C=O) groups is 3. The fourth-order valence-electron chi connectivity index (χ4n) is 3.15. The van der Waals surface area contributed by atoms with Crippen LogP contribution in [0.25, 0.3) is 0 Å². The van der Waals surface area contributed by atoms with E-state index >= 15 is 0 Å². The van der Waals surface area contributed by atoms with Crippen LogP contribution in [0.1, 0.15) is 77.6 Å². The van der Waals surface area contributed by atoms with Crippen molar-refractivity contribution in [1.82, 2.24) is 0 Å². The second-order valence-corrected chi connectivity index (χ2v) is 6.64. The maximum absolute atomic E-state index is 12.2. The fourth-order valence-corrected chi connectivity index (χ4v) is 3.15. The van der Waals surface area contributed by atoms with Gasteiger partial charge in [-0.25, -0.2) is 0 Å². The lowest BCUT2D eigenvalue weighted by atomic mass is 9.84. The molecule has 0 amide bonds. The summed E-state index contributed by atoms with van der Waals surface area (Å²) in [7, 11) is 4.13. The van der Waals surface area contributed by atoms with Gasteiger partial charge in [-0.15, -0.1) is 0 Å². The van der Waals surface area contributed by atoms with Crippen molar-refractivity contribution < 1.29 is 28.6 Å². The van der Waals surface area contributed by atoms with Gasteiger partial charge in [-0.2, -0.15) is 0 Å². The molecule has 0 fully saturated rings. The summed E-state index contributed by atoms with van der Waals surface area (Å²) in [5, 5.41) is 0. The van der Waals surface area contributed by atoms with E-state index in [0.717, 1.165) is 51.4 Å². The number of hydrogen-bond acceptors (Lipinski definition) is 6. The molecule has 0 aromatic heterocycles. The van der Waals surface area contributed by atoms with E-state index in [1.54, 1.807) is 0 Å². The van der Waals surface area contributed by atoms with Crippen LogP contribution in [0, 0.1) is 11.8 Å². The lowest BCUT2D eigenvalue weighted by Gasteiger charge is -2.23. The molecule has 2 atom stereocenters. The van der Waals surface area contributed by atoms with Crippen molar-refractivity contribution in [2.45, 2.75) is 77.6 Å². The highest BCUT2D eigenvalue weighted by molar-refractivity contribution is 5.82. The molecular weight excluding hydrogens is 336 g/mol. The van der Waals surface area contributed by atoms with Crippen LogP contribution in [0.3, 0.4) is 0 Å². The Labute approximate surface area is 157 Å². The average Bonchev–Trinajstić information content (AvgIpc) is 2.66. The smallest absolute Gasteiger partial charge is 0.309 e. The quantitative estimate of drug-likeness (QED) is 0.245. The van der Waals surface area contributed by atoms with Crippen LogP contribution >= 0.6 is 0 Å². The molecule has 0 aromatic rings. The molecule has 2 unspecified atom stereocenters. The molecule has 0 aromatic carbocycles. The maximum atomic E-state index is 12.2. The van der Waals surface area contributed by atoms with Gasteiger partial charge in [-0.1, -0.05) is 51.9 Å². The molecule has 0 heterocycles. The Kier molecular flexibility index (Phi) is 14.7. The first-order valence-electron chi connectivity index (χ1n) is 9.74. The largest absolute Gasteiger partial charge is 0.469 e. The minimum absolute atomic E-state index is 0.177. The molecule has 0 aliphatic rings. The summed E-state index contributed by atoms with van der Waals surface area (Å²) in [5.74, 6) is -1.71. The lowest BCUT2D eigenvalue weighted by molar-refractivity contribution is -0.158. The first-order valence-corrected chi connectivity index (χ1v) is 9.74. The standard InChI is InChI=1S/C20H36O6/c1-5-6-10-13-16(19(22)25-3)17(20(23)26-4)14-11-8-7-9-12-15-18(21)24-2/h16-17H,5-15H2,1-4H3. The minimum Gasteiger partial charge on any atom is -0.469 e. The van der Waals surface area contributed by atoms with E-state index in [-0.39, 0.29) is 17.9 Å². The highest BCUT2D eigenvalue weighted by Crippen LogP contribution is 2.27. The summed E-state index contributed by atoms with van der Waals surface area (Å²) in [5.41, 5.74) is 0. The van der Waals surface area contributed by atoms with Crippen molar-refractivity contribution in [1.29, 1.82) is 0 Å². The number of unbranched alkanes of at least 4 members (excludes halogenated alkanes) is 6. The Morgan fingerprint density at radius 3 is 1.58 bits per heavy atom. The Hall–Kier alpha value is -1.59. The van der Waals surface area contributed by atoms with Crippen LogP contribution in [0.2, 0.25) is 0 Å². The van der Waals surface area contributed by atoms with Gasteiger partial charge < -0.3 is 14.2 Å². The number of carbonyl (C=O) groups excluding carboxylic acids is 3. The molecule has 152 valence electrons. The van der Waals surface area contributed by atoms with Crippen LogP contribution < -0.4 is 0 Å². The van der Waals surface area contributed by atoms with Gasteiger partial charge in [0.2, 0.25) is 0 Å². The van der Waals surface area contributed by atoms with Gasteiger partial charge in [0.25, 0.3) is 0 Å². The number of methoxy groups -OCH3 is 3. The SMILES string of the molecule is CCCCCC(C(=O)OC)C(CCCCCCCC(=O)OC)C(=O)OC. The number of esters is 3. The van der Waals surface area contributed by atoms with Crippen LogP contribution in [0.4, 0.5) is 0 Å². The van der Waals surface area contributed by atoms with E-state index in [9.17, 15) is 14.4 Å². The highest BCUT2D eigenvalue weighted by Gasteiger charge is 2.34. The zero-order valence-corrected chi connectivity index (χ0v) is 16.9. The Balaban J connectivity index is 4.45. The van der Waals surface area contributed by atoms with Crippen molar-refractivity contribution in [3.05, 3.63) is 0 Å². The monoisotopic (exact) mass is 372 g/mol. The van der Waals surface area contributed by atoms with Crippen molar-refractivity contribution in [3.8, 4) is 0 Å². The Bertz CT molecular complexity index is 407. The van der Waals surface area contributed by atoms with Crippen LogP contribution in [0.5, 0.6) is 0 Å². The van der Waals surface area contributed by atoms with Gasteiger partial charge in [0, 0.05) is 6.42 Å². The topological polar surface area (TPSA) is 78.9 Å². The molecule has 0 rings (SSSR count). The molecule has 0 aliphatic carbocycles. The molecular formula is C20H36O6. The Morgan fingerprint density at radius 1 is 0.654 bits per heavy atom. The van der Waals surface area contributed by atoms with Crippen LogP contribution in [-0.4, -0.2) is 39.2 Å². The van der Waals surface area contributed by atoms with E-state index in [1.165, 1.54) is 21.3 Å². The molecule has 0 bridgehead atoms. The summed E-state index contributed by atoms with van der Waals surface area (Å²) in [4.78, 5) is 35.4. The van der Waals surface area contributed by atoms with Gasteiger partial charge in [0.15, 0.2) is 0 Å². The van der Waals surface area contributed by atoms with E-state index in [4.69, 9.17) is 9.47 Å². The highest BCUT2D eigenvalue weighted by atomic mass is 16.5. The zero-order chi connectivity index (χ0) is 19.8. The van der Waals surface area contributed by atoms with Gasteiger partial charge >= 0.3 is 17.9 Å². The van der Waals surface area contributed by atoms with Gasteiger partial charge in [0.05, 0.1) is 33.2 Å². The molecule has 6 nitrogen and oxygen atoms in total. The van der Waals surface area contributed by atoms with Crippen molar-refractivity contribution in [2.75, 3.05) is 21.3 Å². The van der Waals surface area contributed by atoms with Crippen molar-refractivity contribution in [3.63, 3.8) is 0 Å². The third-order valence-corrected chi connectivity index (χ3v) is 4.74. The Morgan fingerprint density at radius 2 is 1.12 bits per heavy atom. The van der Waals surface area contributed by atoms with Gasteiger partial charge in [-0.3, -0.25) is 14.4 Å². The molecule has 0 spiro atoms. The predicted octanol–water partition coefficient (Wildman–Crippen LogP) is 4.05. The van der Waals surface area contributed by atoms with E-state index in [1.807, 2.05) is 0 Å². The van der Waals surface area contributed by atoms with E-state index < -0.39 is 11.8 Å². The average molecular weight is 373 g/mol. The zero-order valence-electron chi connectivity index (χ0n) is 16.9. The summed E-state index contributed by atoms with van der Waals surface area (Å²) in [6.45, 7) is 2.10. The first kappa shape index (κ1) is 24.4. The molecule has 0 radical (unpaired) electrons. The van der Waals surface area contributed by atoms with Crippen molar-refractivity contribution >= 4 is 17.9 Å². The molecule has 6 heteroatoms. The molecule has 0 N–H and O–H groups in total. The lowest BCUT2D eigenvalue weighted by Crippen LogP contribution is -2.32. The fraction of sp³-hybridized carbons (Fsp3) is 0.850. The summed E-state index contributed by atoms with van der Waals surface area (Å²) in [6.07, 6.45) is 9.27. The van der Waals surface area contributed by atoms with E-state index in [0.29, 0.717) is 19.3 Å². The second kappa shape index (κ2) is 15.6. The number of ether oxygens (including phenoxy) is 3. The summed E-state index contributed by atoms with van der Waals surface area (Å²) < 4.78 is 14.5. The minimum atomic E-state index is -0.445. The van der Waals surface area contributed by atoms with Crippen molar-refractivity contribution in [2.24, 2.45) is 11.8 Å². The third kappa shape index (κ3) is 10.4. The maximum Gasteiger partial charge on any atom is 0.309 e. The molecule has 26 heavy (non-hydrogen) atoms. The van der Waals surface area contributed by atoms with Gasteiger partial charge in [-0.05, 0) is 19.3 Å². The normalized spacial score (nSPS) is 12.9. The second-order valence-electron chi connectivity index (χ2n) is 6.64. The van der Waals surface area contributed by atoms with Crippen LogP contribution in [0.15, 0.2) is 0 Å². The van der Waals surface area contributed by atoms with Gasteiger partial charge in [0.1, 0.15) is 0 Å². The number of rotatable bonds is 15. The first-order chi connectivity index (χ1) is 12.5. The summed E-state index contributed by atoms with van der Waals surface area (Å²) in [6, 6.07) is 0. The van der Waals surface area contributed by atoms with Crippen LogP contribution in [-0.2, 0) is 28.6 Å². The molecule has 0 aliphatic heterocycles. The van der Waals surface area contributed by atoms with E-state index in [2.05, 4.69) is 11.7 Å². The third-order valence-electron chi connectivity index (χ3n) is 4.74. The molecule has 0 saturated carbocycles. The summed E-state index contributed by atoms with van der Waals surface area (Å²) >= 11 is 0.